The van der Waals surface area contributed by atoms with Crippen molar-refractivity contribution in [3.05, 3.63) is 42.7 Å². The highest BCUT2D eigenvalue weighted by Crippen LogP contribution is 2.17. The fourth-order valence-corrected chi connectivity index (χ4v) is 1.41. The molecule has 0 amide bonds. The van der Waals surface area contributed by atoms with Crippen LogP contribution in [-0.4, -0.2) is 21.5 Å². The zero-order valence-electron chi connectivity index (χ0n) is 10.4. The van der Waals surface area contributed by atoms with Crippen LogP contribution in [0.2, 0.25) is 0 Å². The summed E-state index contributed by atoms with van der Waals surface area (Å²) < 4.78 is 0. The lowest BCUT2D eigenvalue weighted by Crippen LogP contribution is -2.21. The van der Waals surface area contributed by atoms with E-state index in [9.17, 15) is 0 Å². The van der Waals surface area contributed by atoms with E-state index in [-0.39, 0.29) is 11.5 Å². The normalized spacial score (nSPS) is 10.7. The Morgan fingerprint density at radius 3 is 2.45 bits per heavy atom. The van der Waals surface area contributed by atoms with Gasteiger partial charge in [0.1, 0.15) is 6.07 Å². The molecule has 20 heavy (non-hydrogen) atoms. The number of amidine groups is 1. The average molecular weight is 265 g/mol. The van der Waals surface area contributed by atoms with Gasteiger partial charge in [-0.15, -0.1) is 0 Å². The van der Waals surface area contributed by atoms with Crippen molar-refractivity contribution in [2.45, 2.75) is 0 Å². The molecule has 1 aromatic heterocycles. The van der Waals surface area contributed by atoms with Gasteiger partial charge in [0.15, 0.2) is 11.7 Å². The SMILES string of the molecule is N#C/C(=N\Nc1ccc(-c2ncccn2)cc1)C(=N)N. The number of hydrogen-bond acceptors (Lipinski definition) is 6. The third-order valence-electron chi connectivity index (χ3n) is 2.37. The molecule has 2 aromatic rings. The van der Waals surface area contributed by atoms with E-state index in [1.165, 1.54) is 0 Å². The van der Waals surface area contributed by atoms with Gasteiger partial charge in [-0.1, -0.05) is 0 Å². The van der Waals surface area contributed by atoms with Crippen molar-refractivity contribution in [1.82, 2.24) is 9.97 Å². The summed E-state index contributed by atoms with van der Waals surface area (Å²) in [6.07, 6.45) is 3.34. The topological polar surface area (TPSA) is 124 Å². The Bertz CT molecular complexity index is 668. The Morgan fingerprint density at radius 1 is 1.25 bits per heavy atom. The quantitative estimate of drug-likeness (QED) is 0.437. The number of benzene rings is 1. The molecule has 7 nitrogen and oxygen atoms in total. The molecule has 0 radical (unpaired) electrons. The van der Waals surface area contributed by atoms with E-state index in [1.807, 2.05) is 12.1 Å². The van der Waals surface area contributed by atoms with Crippen LogP contribution in [0.3, 0.4) is 0 Å². The molecule has 7 heteroatoms. The number of nitriles is 1. The van der Waals surface area contributed by atoms with Crippen LogP contribution in [0.5, 0.6) is 0 Å². The second-order valence-electron chi connectivity index (χ2n) is 3.75. The third kappa shape index (κ3) is 3.14. The maximum Gasteiger partial charge on any atom is 0.201 e. The predicted molar refractivity (Wildman–Crippen MR) is 76.1 cm³/mol. The summed E-state index contributed by atoms with van der Waals surface area (Å²) in [5.74, 6) is 0.248. The van der Waals surface area contributed by atoms with Gasteiger partial charge in [0.25, 0.3) is 0 Å². The van der Waals surface area contributed by atoms with Gasteiger partial charge in [-0.3, -0.25) is 10.8 Å². The van der Waals surface area contributed by atoms with Gasteiger partial charge >= 0.3 is 0 Å². The highest BCUT2D eigenvalue weighted by molar-refractivity contribution is 6.45. The summed E-state index contributed by atoms with van der Waals surface area (Å²) in [5.41, 5.74) is 9.21. The molecule has 4 N–H and O–H groups in total. The summed E-state index contributed by atoms with van der Waals surface area (Å²) in [4.78, 5) is 8.29. The minimum Gasteiger partial charge on any atom is -0.382 e. The van der Waals surface area contributed by atoms with Crippen molar-refractivity contribution in [2.24, 2.45) is 10.8 Å². The standard InChI is InChI=1S/C13H11N7/c14-8-11(12(15)16)20-19-10-4-2-9(3-5-10)13-17-6-1-7-18-13/h1-7,19H,(H3,15,16)/b20-11+. The molecule has 0 aliphatic heterocycles. The Hall–Kier alpha value is -3.27. The van der Waals surface area contributed by atoms with E-state index in [0.717, 1.165) is 5.56 Å². The summed E-state index contributed by atoms with van der Waals surface area (Å²) >= 11 is 0. The largest absolute Gasteiger partial charge is 0.382 e. The molecule has 0 aliphatic rings. The molecular formula is C13H11N7. The molecule has 98 valence electrons. The highest BCUT2D eigenvalue weighted by atomic mass is 15.3. The van der Waals surface area contributed by atoms with Crippen molar-refractivity contribution < 1.29 is 0 Å². The number of hydrazone groups is 1. The van der Waals surface area contributed by atoms with E-state index in [1.54, 1.807) is 36.7 Å². The summed E-state index contributed by atoms with van der Waals surface area (Å²) in [7, 11) is 0. The number of rotatable bonds is 4. The minimum atomic E-state index is -0.380. The van der Waals surface area contributed by atoms with E-state index in [4.69, 9.17) is 16.4 Å². The zero-order valence-corrected chi connectivity index (χ0v) is 10.4. The lowest BCUT2D eigenvalue weighted by atomic mass is 10.2. The molecule has 0 saturated carbocycles. The minimum absolute atomic E-state index is 0.166. The third-order valence-corrected chi connectivity index (χ3v) is 2.37. The lowest BCUT2D eigenvalue weighted by Gasteiger charge is -2.03. The number of hydrogen-bond donors (Lipinski definition) is 3. The molecule has 1 heterocycles. The van der Waals surface area contributed by atoms with Gasteiger partial charge in [-0.2, -0.15) is 10.4 Å². The van der Waals surface area contributed by atoms with Crippen molar-refractivity contribution in [3.8, 4) is 17.5 Å². The monoisotopic (exact) mass is 265 g/mol. The summed E-state index contributed by atoms with van der Waals surface area (Å²) in [5, 5.41) is 19.6. The molecule has 0 spiro atoms. The van der Waals surface area contributed by atoms with Gasteiger partial charge in [0.2, 0.25) is 5.71 Å². The number of nitrogens with two attached hydrogens (primary N) is 1. The number of nitrogens with one attached hydrogen (secondary N) is 2. The summed E-state index contributed by atoms with van der Waals surface area (Å²) in [6.45, 7) is 0. The fourth-order valence-electron chi connectivity index (χ4n) is 1.41. The maximum atomic E-state index is 8.71. The molecule has 0 bridgehead atoms. The van der Waals surface area contributed by atoms with Crippen LogP contribution in [0.4, 0.5) is 5.69 Å². The number of nitrogens with zero attached hydrogens (tertiary/aromatic N) is 4. The Morgan fingerprint density at radius 2 is 1.90 bits per heavy atom. The van der Waals surface area contributed by atoms with Crippen LogP contribution >= 0.6 is 0 Å². The first kappa shape index (κ1) is 13.2. The predicted octanol–water partition coefficient (Wildman–Crippen LogP) is 1.37. The second kappa shape index (κ2) is 6.06. The molecule has 0 atom stereocenters. The molecule has 0 aliphatic carbocycles. The van der Waals surface area contributed by atoms with Crippen LogP contribution in [-0.2, 0) is 0 Å². The van der Waals surface area contributed by atoms with Gasteiger partial charge in [-0.25, -0.2) is 9.97 Å². The molecular weight excluding hydrogens is 254 g/mol. The fraction of sp³-hybridized carbons (Fsp3) is 0. The Balaban J connectivity index is 2.14. The van der Waals surface area contributed by atoms with Crippen LogP contribution in [0.1, 0.15) is 0 Å². The summed E-state index contributed by atoms with van der Waals surface area (Å²) in [6, 6.07) is 10.7. The van der Waals surface area contributed by atoms with Crippen LogP contribution in [0.15, 0.2) is 47.8 Å². The van der Waals surface area contributed by atoms with E-state index < -0.39 is 0 Å². The number of aromatic nitrogens is 2. The first-order valence-electron chi connectivity index (χ1n) is 5.66. The molecule has 2 rings (SSSR count). The lowest BCUT2D eigenvalue weighted by molar-refractivity contribution is 1.18. The average Bonchev–Trinajstić information content (AvgIpc) is 2.49. The van der Waals surface area contributed by atoms with E-state index >= 15 is 0 Å². The van der Waals surface area contributed by atoms with Crippen LogP contribution in [0, 0.1) is 16.7 Å². The molecule has 0 fully saturated rings. The second-order valence-corrected chi connectivity index (χ2v) is 3.75. The highest BCUT2D eigenvalue weighted by Gasteiger charge is 2.02. The number of anilines is 1. The van der Waals surface area contributed by atoms with Crippen LogP contribution < -0.4 is 11.2 Å². The molecule has 1 aromatic carbocycles. The first-order valence-corrected chi connectivity index (χ1v) is 5.66. The van der Waals surface area contributed by atoms with Crippen molar-refractivity contribution in [1.29, 1.82) is 10.7 Å². The van der Waals surface area contributed by atoms with Gasteiger partial charge in [0, 0.05) is 18.0 Å². The van der Waals surface area contributed by atoms with E-state index in [0.29, 0.717) is 11.5 Å². The van der Waals surface area contributed by atoms with Crippen molar-refractivity contribution in [2.75, 3.05) is 5.43 Å². The van der Waals surface area contributed by atoms with Gasteiger partial charge in [0.05, 0.1) is 5.69 Å². The van der Waals surface area contributed by atoms with Crippen molar-refractivity contribution in [3.63, 3.8) is 0 Å². The van der Waals surface area contributed by atoms with Crippen molar-refractivity contribution >= 4 is 17.2 Å². The van der Waals surface area contributed by atoms with Gasteiger partial charge in [-0.05, 0) is 30.3 Å². The first-order chi connectivity index (χ1) is 9.70. The molecule has 0 saturated heterocycles. The Labute approximate surface area is 115 Å². The molecule has 0 unspecified atom stereocenters. The van der Waals surface area contributed by atoms with Crippen LogP contribution in [0.25, 0.3) is 11.4 Å². The zero-order chi connectivity index (χ0) is 14.4. The van der Waals surface area contributed by atoms with E-state index in [2.05, 4.69) is 20.5 Å². The Kier molecular flexibility index (Phi) is 3.99. The van der Waals surface area contributed by atoms with Gasteiger partial charge < -0.3 is 5.73 Å². The smallest absolute Gasteiger partial charge is 0.201 e. The maximum absolute atomic E-state index is 8.71.